The van der Waals surface area contributed by atoms with Gasteiger partial charge in [0.05, 0.1) is 16.5 Å². The average Bonchev–Trinajstić information content (AvgIpc) is 2.50. The molecule has 7 heteroatoms. The molecule has 1 aromatic rings. The van der Waals surface area contributed by atoms with E-state index in [1.165, 1.54) is 0 Å². The molecule has 21 heavy (non-hydrogen) atoms. The molecule has 1 heterocycles. The normalized spacial score (nSPS) is 17.0. The van der Waals surface area contributed by atoms with E-state index in [1.54, 1.807) is 23.1 Å². The maximum Gasteiger partial charge on any atom is 0.226 e. The Morgan fingerprint density at radius 3 is 2.57 bits per heavy atom. The van der Waals surface area contributed by atoms with E-state index in [-0.39, 0.29) is 17.7 Å². The second-order valence-corrected chi connectivity index (χ2v) is 5.92. The predicted octanol–water partition coefficient (Wildman–Crippen LogP) is 2.52. The van der Waals surface area contributed by atoms with E-state index in [9.17, 15) is 4.79 Å². The molecule has 1 aliphatic heterocycles. The summed E-state index contributed by atoms with van der Waals surface area (Å²) in [6, 6.07) is 5.21. The van der Waals surface area contributed by atoms with E-state index in [1.807, 2.05) is 0 Å². The van der Waals surface area contributed by atoms with E-state index in [0.717, 1.165) is 5.56 Å². The average molecular weight is 330 g/mol. The minimum atomic E-state index is 0.0454. The van der Waals surface area contributed by atoms with Gasteiger partial charge in [0, 0.05) is 19.0 Å². The van der Waals surface area contributed by atoms with Gasteiger partial charge in [-0.2, -0.15) is 0 Å². The van der Waals surface area contributed by atoms with Crippen LogP contribution in [-0.4, -0.2) is 34.9 Å². The van der Waals surface area contributed by atoms with Crippen LogP contribution in [0.5, 0.6) is 0 Å². The largest absolute Gasteiger partial charge is 0.409 e. The van der Waals surface area contributed by atoms with Crippen molar-refractivity contribution in [3.63, 3.8) is 0 Å². The molecule has 1 fully saturated rings. The van der Waals surface area contributed by atoms with Crippen molar-refractivity contribution in [1.29, 1.82) is 0 Å². The van der Waals surface area contributed by atoms with Gasteiger partial charge in [0.1, 0.15) is 5.84 Å². The third-order valence-corrected chi connectivity index (χ3v) is 4.46. The van der Waals surface area contributed by atoms with Gasteiger partial charge in [0.2, 0.25) is 5.91 Å². The monoisotopic (exact) mass is 329 g/mol. The molecule has 5 nitrogen and oxygen atoms in total. The van der Waals surface area contributed by atoms with Gasteiger partial charge in [-0.05, 0) is 30.5 Å². The molecule has 0 spiro atoms. The highest BCUT2D eigenvalue weighted by Gasteiger charge is 2.25. The number of rotatable bonds is 3. The van der Waals surface area contributed by atoms with Crippen LogP contribution in [0.3, 0.4) is 0 Å². The number of oxime groups is 1. The Bertz CT molecular complexity index is 555. The Labute approximate surface area is 133 Å². The number of likely N-dealkylation sites (tertiary alicyclic amines) is 1. The summed E-state index contributed by atoms with van der Waals surface area (Å²) in [6.45, 7) is 1.22. The molecule has 0 saturated carbocycles. The van der Waals surface area contributed by atoms with E-state index in [0.29, 0.717) is 42.4 Å². The second-order valence-electron chi connectivity index (χ2n) is 5.11. The number of hydrogen-bond acceptors (Lipinski definition) is 3. The van der Waals surface area contributed by atoms with Gasteiger partial charge >= 0.3 is 0 Å². The zero-order valence-corrected chi connectivity index (χ0v) is 12.9. The van der Waals surface area contributed by atoms with Gasteiger partial charge in [0.25, 0.3) is 0 Å². The van der Waals surface area contributed by atoms with E-state index in [4.69, 9.17) is 34.1 Å². The fourth-order valence-electron chi connectivity index (χ4n) is 2.44. The van der Waals surface area contributed by atoms with Crippen LogP contribution in [0.2, 0.25) is 10.0 Å². The van der Waals surface area contributed by atoms with Gasteiger partial charge in [-0.25, -0.2) is 0 Å². The topological polar surface area (TPSA) is 78.9 Å². The Morgan fingerprint density at radius 1 is 1.33 bits per heavy atom. The Kier molecular flexibility index (Phi) is 5.31. The maximum atomic E-state index is 12.2. The summed E-state index contributed by atoms with van der Waals surface area (Å²) in [7, 11) is 0. The maximum absolute atomic E-state index is 12.2. The van der Waals surface area contributed by atoms with Crippen molar-refractivity contribution in [3.8, 4) is 0 Å². The van der Waals surface area contributed by atoms with Crippen LogP contribution in [0.15, 0.2) is 23.4 Å². The lowest BCUT2D eigenvalue weighted by molar-refractivity contribution is -0.131. The number of amidine groups is 1. The quantitative estimate of drug-likeness (QED) is 0.387. The third kappa shape index (κ3) is 4.02. The summed E-state index contributed by atoms with van der Waals surface area (Å²) in [6.07, 6.45) is 1.72. The van der Waals surface area contributed by atoms with Crippen molar-refractivity contribution in [3.05, 3.63) is 33.8 Å². The van der Waals surface area contributed by atoms with Crippen molar-refractivity contribution >= 4 is 34.9 Å². The number of halogens is 2. The lowest BCUT2D eigenvalue weighted by Crippen LogP contribution is -2.42. The van der Waals surface area contributed by atoms with Crippen LogP contribution < -0.4 is 5.73 Å². The molecule has 0 atom stereocenters. The summed E-state index contributed by atoms with van der Waals surface area (Å²) in [5, 5.41) is 12.6. The zero-order valence-electron chi connectivity index (χ0n) is 11.4. The summed E-state index contributed by atoms with van der Waals surface area (Å²) < 4.78 is 0. The van der Waals surface area contributed by atoms with Gasteiger partial charge in [-0.1, -0.05) is 34.4 Å². The molecular formula is C14H17Cl2N3O2. The molecule has 1 aliphatic rings. The molecule has 1 saturated heterocycles. The summed E-state index contributed by atoms with van der Waals surface area (Å²) in [5.74, 6) is 0.335. The van der Waals surface area contributed by atoms with Crippen molar-refractivity contribution in [2.24, 2.45) is 16.8 Å². The minimum absolute atomic E-state index is 0.0454. The highest BCUT2D eigenvalue weighted by atomic mass is 35.5. The SMILES string of the molecule is NC(=NO)C1CCN(C(=O)Cc2ccc(Cl)c(Cl)c2)CC1. The Hall–Kier alpha value is -1.46. The molecule has 0 radical (unpaired) electrons. The van der Waals surface area contributed by atoms with Crippen LogP contribution in [0, 0.1) is 5.92 Å². The second kappa shape index (κ2) is 7.00. The molecular weight excluding hydrogens is 313 g/mol. The highest BCUT2D eigenvalue weighted by Crippen LogP contribution is 2.23. The standard InChI is InChI=1S/C14H17Cl2N3O2/c15-11-2-1-9(7-12(11)16)8-13(20)19-5-3-10(4-6-19)14(17)18-21/h1-2,7,10,21H,3-6,8H2,(H2,17,18). The summed E-state index contributed by atoms with van der Waals surface area (Å²) in [4.78, 5) is 14.0. The smallest absolute Gasteiger partial charge is 0.226 e. The lowest BCUT2D eigenvalue weighted by atomic mass is 9.95. The molecule has 1 aromatic carbocycles. The summed E-state index contributed by atoms with van der Waals surface area (Å²) >= 11 is 11.8. The Balaban J connectivity index is 1.91. The lowest BCUT2D eigenvalue weighted by Gasteiger charge is -2.31. The number of carbonyl (C=O) groups excluding carboxylic acids is 1. The van der Waals surface area contributed by atoms with Gasteiger partial charge in [-0.15, -0.1) is 0 Å². The van der Waals surface area contributed by atoms with Gasteiger partial charge in [0.15, 0.2) is 0 Å². The first-order valence-electron chi connectivity index (χ1n) is 6.70. The summed E-state index contributed by atoms with van der Waals surface area (Å²) in [5.41, 5.74) is 6.43. The minimum Gasteiger partial charge on any atom is -0.409 e. The van der Waals surface area contributed by atoms with Crippen LogP contribution in [0.1, 0.15) is 18.4 Å². The molecule has 0 aromatic heterocycles. The highest BCUT2D eigenvalue weighted by molar-refractivity contribution is 6.42. The molecule has 0 unspecified atom stereocenters. The Morgan fingerprint density at radius 2 is 2.00 bits per heavy atom. The number of nitrogens with zero attached hydrogens (tertiary/aromatic N) is 2. The number of piperidine rings is 1. The molecule has 3 N–H and O–H groups in total. The number of carbonyl (C=O) groups is 1. The van der Waals surface area contributed by atoms with Crippen molar-refractivity contribution < 1.29 is 10.0 Å². The first-order chi connectivity index (χ1) is 10.0. The van der Waals surface area contributed by atoms with Crippen molar-refractivity contribution in [1.82, 2.24) is 4.90 Å². The molecule has 0 bridgehead atoms. The zero-order chi connectivity index (χ0) is 15.4. The van der Waals surface area contributed by atoms with Gasteiger partial charge < -0.3 is 15.8 Å². The first-order valence-corrected chi connectivity index (χ1v) is 7.46. The van der Waals surface area contributed by atoms with Crippen LogP contribution in [0.4, 0.5) is 0 Å². The van der Waals surface area contributed by atoms with Crippen molar-refractivity contribution in [2.75, 3.05) is 13.1 Å². The van der Waals surface area contributed by atoms with Crippen molar-refractivity contribution in [2.45, 2.75) is 19.3 Å². The molecule has 114 valence electrons. The third-order valence-electron chi connectivity index (χ3n) is 3.72. The number of nitrogens with two attached hydrogens (primary N) is 1. The van der Waals surface area contributed by atoms with Gasteiger partial charge in [-0.3, -0.25) is 4.79 Å². The van der Waals surface area contributed by atoms with E-state index >= 15 is 0 Å². The molecule has 0 aliphatic carbocycles. The first kappa shape index (κ1) is 15.9. The fraction of sp³-hybridized carbons (Fsp3) is 0.429. The van der Waals surface area contributed by atoms with Crippen LogP contribution in [0.25, 0.3) is 0 Å². The number of benzene rings is 1. The molecule has 1 amide bonds. The fourth-order valence-corrected chi connectivity index (χ4v) is 2.76. The van der Waals surface area contributed by atoms with Crippen LogP contribution in [-0.2, 0) is 11.2 Å². The number of hydrogen-bond donors (Lipinski definition) is 2. The van der Waals surface area contributed by atoms with Crippen LogP contribution >= 0.6 is 23.2 Å². The molecule has 2 rings (SSSR count). The number of amides is 1. The predicted molar refractivity (Wildman–Crippen MR) is 82.9 cm³/mol. The van der Waals surface area contributed by atoms with E-state index < -0.39 is 0 Å². The van der Waals surface area contributed by atoms with E-state index in [2.05, 4.69) is 5.16 Å².